The highest BCUT2D eigenvalue weighted by atomic mass is 16.7. The van der Waals surface area contributed by atoms with E-state index >= 15 is 0 Å². The molecule has 4 unspecified atom stereocenters. The van der Waals surface area contributed by atoms with E-state index in [0.717, 1.165) is 5.56 Å². The van der Waals surface area contributed by atoms with Crippen molar-refractivity contribution >= 4 is 0 Å². The number of rotatable bonds is 2. The Balaban J connectivity index is 1.54. The monoisotopic (exact) mass is 344 g/mol. The number of H-pyrrole nitrogens is 1. The van der Waals surface area contributed by atoms with Gasteiger partial charge in [-0.15, -0.1) is 0 Å². The summed E-state index contributed by atoms with van der Waals surface area (Å²) in [6.45, 7) is 2.52. The minimum atomic E-state index is -0.432. The summed E-state index contributed by atoms with van der Waals surface area (Å²) >= 11 is 0. The molecule has 2 fully saturated rings. The van der Waals surface area contributed by atoms with Gasteiger partial charge < -0.3 is 14.2 Å². The summed E-state index contributed by atoms with van der Waals surface area (Å²) in [7, 11) is 0. The van der Waals surface area contributed by atoms with Crippen molar-refractivity contribution in [3.63, 3.8) is 0 Å². The molecule has 2 aliphatic rings. The Morgan fingerprint density at radius 1 is 1.08 bits per heavy atom. The van der Waals surface area contributed by atoms with Crippen LogP contribution in [0.1, 0.15) is 29.9 Å². The lowest BCUT2D eigenvalue weighted by atomic mass is 10.0. The van der Waals surface area contributed by atoms with E-state index in [4.69, 9.17) is 14.2 Å². The minimum Gasteiger partial charge on any atom is -0.371 e. The van der Waals surface area contributed by atoms with Gasteiger partial charge in [0.1, 0.15) is 6.10 Å². The average Bonchev–Trinajstić information content (AvgIpc) is 2.64. The molecule has 2 aliphatic heterocycles. The third-order valence-electron chi connectivity index (χ3n) is 4.74. The first-order valence-electron chi connectivity index (χ1n) is 8.37. The van der Waals surface area contributed by atoms with E-state index in [-0.39, 0.29) is 23.8 Å². The van der Waals surface area contributed by atoms with Crippen LogP contribution >= 0.6 is 0 Å². The third kappa shape index (κ3) is 3.18. The molecule has 1 aromatic heterocycles. The zero-order chi connectivity index (χ0) is 17.4. The van der Waals surface area contributed by atoms with Gasteiger partial charge in [-0.3, -0.25) is 14.3 Å². The van der Waals surface area contributed by atoms with Gasteiger partial charge in [-0.2, -0.15) is 0 Å². The highest BCUT2D eigenvalue weighted by Crippen LogP contribution is 2.34. The summed E-state index contributed by atoms with van der Waals surface area (Å²) in [5.41, 5.74) is 0.675. The second kappa shape index (κ2) is 6.59. The van der Waals surface area contributed by atoms with E-state index < -0.39 is 12.0 Å². The van der Waals surface area contributed by atoms with Crippen LogP contribution in [-0.2, 0) is 14.2 Å². The number of ether oxygens (including phenoxy) is 3. The molecule has 132 valence electrons. The van der Waals surface area contributed by atoms with Gasteiger partial charge in [0, 0.05) is 17.3 Å². The first-order valence-corrected chi connectivity index (χ1v) is 8.37. The summed E-state index contributed by atoms with van der Waals surface area (Å²) in [5.74, 6) is 0. The second-order valence-corrected chi connectivity index (χ2v) is 6.49. The normalized spacial score (nSPS) is 29.2. The smallest absolute Gasteiger partial charge is 0.328 e. The first-order chi connectivity index (χ1) is 12.1. The molecule has 3 heterocycles. The van der Waals surface area contributed by atoms with Crippen LogP contribution < -0.4 is 11.2 Å². The Kier molecular flexibility index (Phi) is 4.29. The lowest BCUT2D eigenvalue weighted by molar-refractivity contribution is -0.282. The molecule has 2 aromatic rings. The van der Waals surface area contributed by atoms with Gasteiger partial charge in [0.25, 0.3) is 5.56 Å². The Hall–Kier alpha value is -2.22. The maximum absolute atomic E-state index is 12.1. The summed E-state index contributed by atoms with van der Waals surface area (Å²) in [6.07, 6.45) is 1.47. The summed E-state index contributed by atoms with van der Waals surface area (Å²) in [6, 6.07) is 9.57. The molecule has 7 heteroatoms. The van der Waals surface area contributed by atoms with Crippen LogP contribution in [0.2, 0.25) is 0 Å². The molecular weight excluding hydrogens is 324 g/mol. The molecule has 25 heavy (non-hydrogen) atoms. The standard InChI is InChI=1S/C18H20N2O5/c1-11-8-20(18(22)19-16(11)21)13-7-14-15(23-9-13)10-24-17(25-14)12-5-3-2-4-6-12/h2-6,8,13-15,17H,7,9-10H2,1H3,(H,19,21,22). The van der Waals surface area contributed by atoms with Crippen LogP contribution in [-0.4, -0.2) is 35.0 Å². The number of benzene rings is 1. The maximum atomic E-state index is 12.1. The number of nitrogens with one attached hydrogen (secondary N) is 1. The molecule has 4 atom stereocenters. The molecule has 1 aromatic carbocycles. The van der Waals surface area contributed by atoms with Gasteiger partial charge in [0.05, 0.1) is 25.4 Å². The van der Waals surface area contributed by atoms with Gasteiger partial charge in [0.2, 0.25) is 0 Å². The highest BCUT2D eigenvalue weighted by Gasteiger charge is 2.39. The van der Waals surface area contributed by atoms with E-state index in [2.05, 4.69) is 4.98 Å². The lowest BCUT2D eigenvalue weighted by Gasteiger charge is -2.42. The third-order valence-corrected chi connectivity index (χ3v) is 4.74. The van der Waals surface area contributed by atoms with Crippen LogP contribution in [0.25, 0.3) is 0 Å². The van der Waals surface area contributed by atoms with E-state index in [0.29, 0.717) is 25.2 Å². The van der Waals surface area contributed by atoms with Crippen LogP contribution in [0.15, 0.2) is 46.1 Å². The number of hydrogen-bond donors (Lipinski definition) is 1. The fraction of sp³-hybridized carbons (Fsp3) is 0.444. The van der Waals surface area contributed by atoms with Crippen LogP contribution in [0, 0.1) is 6.92 Å². The molecule has 1 N–H and O–H groups in total. The van der Waals surface area contributed by atoms with E-state index in [1.165, 1.54) is 4.57 Å². The van der Waals surface area contributed by atoms with Crippen molar-refractivity contribution in [2.75, 3.05) is 13.2 Å². The Labute approximate surface area is 144 Å². The van der Waals surface area contributed by atoms with Gasteiger partial charge in [-0.25, -0.2) is 4.79 Å². The van der Waals surface area contributed by atoms with E-state index in [9.17, 15) is 9.59 Å². The maximum Gasteiger partial charge on any atom is 0.328 e. The molecule has 0 spiro atoms. The van der Waals surface area contributed by atoms with E-state index in [1.807, 2.05) is 30.3 Å². The molecule has 0 aliphatic carbocycles. The number of aromatic amines is 1. The largest absolute Gasteiger partial charge is 0.371 e. The van der Waals surface area contributed by atoms with Crippen molar-refractivity contribution in [2.45, 2.75) is 37.9 Å². The predicted octanol–water partition coefficient (Wildman–Crippen LogP) is 1.29. The Morgan fingerprint density at radius 3 is 2.68 bits per heavy atom. The van der Waals surface area contributed by atoms with Crippen molar-refractivity contribution in [3.05, 3.63) is 68.5 Å². The Morgan fingerprint density at radius 2 is 1.88 bits per heavy atom. The van der Waals surface area contributed by atoms with Crippen molar-refractivity contribution in [1.29, 1.82) is 0 Å². The van der Waals surface area contributed by atoms with Gasteiger partial charge in [0.15, 0.2) is 6.29 Å². The SMILES string of the molecule is Cc1cn(C2COC3COC(c4ccccc4)OC3C2)c(=O)[nH]c1=O. The number of aryl methyl sites for hydroxylation is 1. The molecule has 2 saturated heterocycles. The zero-order valence-corrected chi connectivity index (χ0v) is 13.9. The summed E-state index contributed by atoms with van der Waals surface area (Å²) in [5, 5.41) is 0. The average molecular weight is 344 g/mol. The fourth-order valence-corrected chi connectivity index (χ4v) is 3.35. The number of fused-ring (bicyclic) bond motifs is 1. The van der Waals surface area contributed by atoms with Gasteiger partial charge in [-0.05, 0) is 13.3 Å². The van der Waals surface area contributed by atoms with Gasteiger partial charge in [-0.1, -0.05) is 30.3 Å². The lowest BCUT2D eigenvalue weighted by Crippen LogP contribution is -2.49. The van der Waals surface area contributed by atoms with Crippen LogP contribution in [0.4, 0.5) is 0 Å². The van der Waals surface area contributed by atoms with Gasteiger partial charge >= 0.3 is 5.69 Å². The predicted molar refractivity (Wildman–Crippen MR) is 89.5 cm³/mol. The quantitative estimate of drug-likeness (QED) is 0.888. The van der Waals surface area contributed by atoms with Crippen molar-refractivity contribution < 1.29 is 14.2 Å². The number of nitrogens with zero attached hydrogens (tertiary/aromatic N) is 1. The molecule has 7 nitrogen and oxygen atoms in total. The molecule has 4 rings (SSSR count). The number of aromatic nitrogens is 2. The highest BCUT2D eigenvalue weighted by molar-refractivity contribution is 5.16. The zero-order valence-electron chi connectivity index (χ0n) is 13.9. The van der Waals surface area contributed by atoms with Crippen LogP contribution in [0.3, 0.4) is 0 Å². The number of hydrogen-bond acceptors (Lipinski definition) is 5. The molecular formula is C18H20N2O5. The fourth-order valence-electron chi connectivity index (χ4n) is 3.35. The molecule has 0 radical (unpaired) electrons. The molecule has 0 bridgehead atoms. The van der Waals surface area contributed by atoms with Crippen molar-refractivity contribution in [3.8, 4) is 0 Å². The van der Waals surface area contributed by atoms with E-state index in [1.54, 1.807) is 13.1 Å². The molecule has 0 amide bonds. The minimum absolute atomic E-state index is 0.143. The summed E-state index contributed by atoms with van der Waals surface area (Å²) in [4.78, 5) is 26.0. The molecule has 0 saturated carbocycles. The van der Waals surface area contributed by atoms with Crippen molar-refractivity contribution in [1.82, 2.24) is 9.55 Å². The summed E-state index contributed by atoms with van der Waals surface area (Å²) < 4.78 is 19.2. The Bertz CT molecular complexity index is 860. The van der Waals surface area contributed by atoms with Crippen LogP contribution in [0.5, 0.6) is 0 Å². The topological polar surface area (TPSA) is 82.6 Å². The first kappa shape index (κ1) is 16.3. The second-order valence-electron chi connectivity index (χ2n) is 6.49. The van der Waals surface area contributed by atoms with Crippen molar-refractivity contribution in [2.24, 2.45) is 0 Å².